The molecular formula is C38H33NO. The first-order valence-corrected chi connectivity index (χ1v) is 14.6. The van der Waals surface area contributed by atoms with Gasteiger partial charge in [-0.1, -0.05) is 98.9 Å². The van der Waals surface area contributed by atoms with Crippen molar-refractivity contribution in [3.63, 3.8) is 0 Å². The summed E-state index contributed by atoms with van der Waals surface area (Å²) < 4.78 is 9.22. The molecule has 8 rings (SSSR count). The van der Waals surface area contributed by atoms with E-state index in [0.717, 1.165) is 18.6 Å². The van der Waals surface area contributed by atoms with Crippen LogP contribution in [-0.4, -0.2) is 10.7 Å². The van der Waals surface area contributed by atoms with Crippen LogP contribution in [0.4, 0.5) is 0 Å². The first-order valence-electron chi connectivity index (χ1n) is 14.6. The summed E-state index contributed by atoms with van der Waals surface area (Å²) in [6.45, 7) is 4.66. The number of aromatic nitrogens is 1. The predicted octanol–water partition coefficient (Wildman–Crippen LogP) is 9.45. The molecule has 3 aliphatic carbocycles. The van der Waals surface area contributed by atoms with Gasteiger partial charge in [-0.25, -0.2) is 0 Å². The SMILES string of the molecule is CC1CC=CC=C1c1cc(-c2ccccc2)cc(-n2c3c(c4c5c(ccc42)C2C=CC=CC2O5)C=C[C@@H](C)C3)c1. The molecule has 3 unspecified atom stereocenters. The van der Waals surface area contributed by atoms with E-state index in [9.17, 15) is 0 Å². The number of benzene rings is 3. The van der Waals surface area contributed by atoms with Crippen molar-refractivity contribution in [1.82, 2.24) is 4.57 Å². The molecule has 2 heterocycles. The third-order valence-corrected chi connectivity index (χ3v) is 9.11. The van der Waals surface area contributed by atoms with Crippen molar-refractivity contribution in [3.05, 3.63) is 132 Å². The number of nitrogens with zero attached hydrogens (tertiary/aromatic N) is 1. The minimum absolute atomic E-state index is 0.0804. The molecule has 2 nitrogen and oxygen atoms in total. The predicted molar refractivity (Wildman–Crippen MR) is 167 cm³/mol. The number of hydrogen-bond donors (Lipinski definition) is 0. The fraction of sp³-hybridized carbons (Fsp3) is 0.211. The molecule has 0 amide bonds. The first-order chi connectivity index (χ1) is 19.7. The second-order valence-corrected chi connectivity index (χ2v) is 11.8. The average molecular weight is 520 g/mol. The lowest BCUT2D eigenvalue weighted by atomic mass is 9.86. The Morgan fingerprint density at radius 2 is 1.68 bits per heavy atom. The molecule has 1 aliphatic heterocycles. The second-order valence-electron chi connectivity index (χ2n) is 11.8. The van der Waals surface area contributed by atoms with Crippen molar-refractivity contribution < 1.29 is 4.74 Å². The van der Waals surface area contributed by atoms with Gasteiger partial charge in [-0.2, -0.15) is 0 Å². The smallest absolute Gasteiger partial charge is 0.134 e. The quantitative estimate of drug-likeness (QED) is 0.263. The normalized spacial score (nSPS) is 24.0. The maximum atomic E-state index is 6.69. The van der Waals surface area contributed by atoms with Crippen LogP contribution in [0.2, 0.25) is 0 Å². The van der Waals surface area contributed by atoms with Gasteiger partial charge in [0.1, 0.15) is 11.9 Å². The molecule has 0 bridgehead atoms. The molecule has 4 atom stereocenters. The molecule has 40 heavy (non-hydrogen) atoms. The third-order valence-electron chi connectivity index (χ3n) is 9.11. The van der Waals surface area contributed by atoms with Crippen LogP contribution in [0.15, 0.2) is 109 Å². The van der Waals surface area contributed by atoms with Crippen molar-refractivity contribution in [1.29, 1.82) is 0 Å². The van der Waals surface area contributed by atoms with Crippen molar-refractivity contribution in [2.45, 2.75) is 38.7 Å². The molecule has 0 saturated heterocycles. The molecule has 4 aromatic rings. The monoisotopic (exact) mass is 519 g/mol. The van der Waals surface area contributed by atoms with Crippen LogP contribution in [0, 0.1) is 11.8 Å². The standard InChI is InChI=1S/C38H33NO/c1-24-16-17-33-35(20-24)39(34-19-18-32-31-14-8-9-15-36(31)40-38(32)37(33)34)29-22-27(26-11-4-3-5-12-26)21-28(23-29)30-13-7-6-10-25(30)2/h3-9,11-19,21-25,31,36H,10,20H2,1-2H3/t24-,25?,31?,36?/m1/s1. The summed E-state index contributed by atoms with van der Waals surface area (Å²) in [5, 5.41) is 1.26. The molecule has 0 fully saturated rings. The Morgan fingerprint density at radius 3 is 2.55 bits per heavy atom. The number of ether oxygens (including phenoxy) is 1. The van der Waals surface area contributed by atoms with Crippen molar-refractivity contribution in [3.8, 4) is 22.6 Å². The Morgan fingerprint density at radius 1 is 0.825 bits per heavy atom. The van der Waals surface area contributed by atoms with Crippen LogP contribution in [-0.2, 0) is 6.42 Å². The number of hydrogen-bond acceptors (Lipinski definition) is 1. The molecule has 4 aliphatic rings. The number of allylic oxidation sites excluding steroid dienone is 7. The van der Waals surface area contributed by atoms with Gasteiger partial charge in [-0.3, -0.25) is 0 Å². The van der Waals surface area contributed by atoms with Crippen LogP contribution >= 0.6 is 0 Å². The summed E-state index contributed by atoms with van der Waals surface area (Å²) >= 11 is 0. The van der Waals surface area contributed by atoms with Crippen LogP contribution < -0.4 is 4.74 Å². The molecular weight excluding hydrogens is 486 g/mol. The van der Waals surface area contributed by atoms with Crippen molar-refractivity contribution >= 4 is 22.6 Å². The van der Waals surface area contributed by atoms with Gasteiger partial charge >= 0.3 is 0 Å². The molecule has 2 heteroatoms. The lowest BCUT2D eigenvalue weighted by Crippen LogP contribution is -2.15. The number of rotatable bonds is 3. The largest absolute Gasteiger partial charge is 0.484 e. The zero-order valence-corrected chi connectivity index (χ0v) is 23.0. The van der Waals surface area contributed by atoms with E-state index in [-0.39, 0.29) is 12.0 Å². The van der Waals surface area contributed by atoms with E-state index in [1.807, 2.05) is 0 Å². The Hall–Kier alpha value is -4.30. The number of fused-ring (bicyclic) bond motifs is 7. The van der Waals surface area contributed by atoms with Gasteiger partial charge < -0.3 is 9.30 Å². The van der Waals surface area contributed by atoms with E-state index in [2.05, 4.69) is 134 Å². The van der Waals surface area contributed by atoms with Crippen LogP contribution in [0.25, 0.3) is 39.4 Å². The Kier molecular flexibility index (Phi) is 5.38. The zero-order valence-electron chi connectivity index (χ0n) is 23.0. The minimum atomic E-state index is 0.0804. The van der Waals surface area contributed by atoms with Crippen LogP contribution in [0.1, 0.15) is 48.6 Å². The molecule has 0 radical (unpaired) electrons. The molecule has 0 N–H and O–H groups in total. The van der Waals surface area contributed by atoms with Gasteiger partial charge in [-0.05, 0) is 77.3 Å². The van der Waals surface area contributed by atoms with E-state index in [4.69, 9.17) is 4.74 Å². The van der Waals surface area contributed by atoms with Gasteiger partial charge in [-0.15, -0.1) is 0 Å². The average Bonchev–Trinajstić information content (AvgIpc) is 3.53. The fourth-order valence-corrected chi connectivity index (χ4v) is 7.09. The maximum Gasteiger partial charge on any atom is 0.134 e. The van der Waals surface area contributed by atoms with Gasteiger partial charge in [0.2, 0.25) is 0 Å². The van der Waals surface area contributed by atoms with Gasteiger partial charge in [0.05, 0.1) is 5.52 Å². The van der Waals surface area contributed by atoms with Gasteiger partial charge in [0.15, 0.2) is 0 Å². The highest BCUT2D eigenvalue weighted by molar-refractivity contribution is 5.99. The van der Waals surface area contributed by atoms with E-state index in [0.29, 0.717) is 11.8 Å². The fourth-order valence-electron chi connectivity index (χ4n) is 7.09. The summed E-state index contributed by atoms with van der Waals surface area (Å²) in [4.78, 5) is 0. The van der Waals surface area contributed by atoms with Gasteiger partial charge in [0.25, 0.3) is 0 Å². The minimum Gasteiger partial charge on any atom is -0.484 e. The molecule has 3 aromatic carbocycles. The molecule has 0 spiro atoms. The van der Waals surface area contributed by atoms with E-state index >= 15 is 0 Å². The Bertz CT molecular complexity index is 1810. The first kappa shape index (κ1) is 23.6. The highest BCUT2D eigenvalue weighted by Crippen LogP contribution is 2.49. The zero-order chi connectivity index (χ0) is 26.8. The summed E-state index contributed by atoms with van der Waals surface area (Å²) in [6.07, 6.45) is 22.4. The highest BCUT2D eigenvalue weighted by Gasteiger charge is 2.36. The molecule has 0 saturated carbocycles. The lowest BCUT2D eigenvalue weighted by Gasteiger charge is -2.22. The third kappa shape index (κ3) is 3.63. The lowest BCUT2D eigenvalue weighted by molar-refractivity contribution is 0.271. The summed E-state index contributed by atoms with van der Waals surface area (Å²) in [7, 11) is 0. The van der Waals surface area contributed by atoms with Crippen LogP contribution in [0.3, 0.4) is 0 Å². The van der Waals surface area contributed by atoms with E-state index < -0.39 is 0 Å². The Labute approximate surface area is 236 Å². The van der Waals surface area contributed by atoms with Crippen molar-refractivity contribution in [2.24, 2.45) is 11.8 Å². The second kappa shape index (κ2) is 9.13. The van der Waals surface area contributed by atoms with E-state index in [1.54, 1.807) is 0 Å². The summed E-state index contributed by atoms with van der Waals surface area (Å²) in [6, 6.07) is 22.6. The topological polar surface area (TPSA) is 14.2 Å². The summed E-state index contributed by atoms with van der Waals surface area (Å²) in [5.74, 6) is 2.33. The molecule has 196 valence electrons. The van der Waals surface area contributed by atoms with E-state index in [1.165, 1.54) is 55.7 Å². The summed E-state index contributed by atoms with van der Waals surface area (Å²) in [5.41, 5.74) is 11.7. The highest BCUT2D eigenvalue weighted by atomic mass is 16.5. The molecule has 1 aromatic heterocycles. The van der Waals surface area contributed by atoms with Crippen LogP contribution in [0.5, 0.6) is 5.75 Å². The van der Waals surface area contributed by atoms with Crippen molar-refractivity contribution in [2.75, 3.05) is 0 Å². The maximum absolute atomic E-state index is 6.69. The van der Waals surface area contributed by atoms with Gasteiger partial charge in [0, 0.05) is 33.8 Å². The Balaban J connectivity index is 1.40.